The van der Waals surface area contributed by atoms with Crippen LogP contribution in [0.3, 0.4) is 0 Å². The van der Waals surface area contributed by atoms with Gasteiger partial charge in [-0.05, 0) is 44.2 Å². The Hall–Kier alpha value is -2.31. The normalized spacial score (nSPS) is 13.9. The van der Waals surface area contributed by atoms with Crippen molar-refractivity contribution in [2.45, 2.75) is 38.5 Å². The monoisotopic (exact) mass is 369 g/mol. The second-order valence-electron chi connectivity index (χ2n) is 6.20. The zero-order chi connectivity index (χ0) is 19.1. The molecule has 0 atom stereocenters. The third kappa shape index (κ3) is 5.09. The van der Waals surface area contributed by atoms with Crippen molar-refractivity contribution in [3.63, 3.8) is 0 Å². The fraction of sp³-hybridized carbons (Fsp3) is 0.474. The number of hydrogen-bond acceptors (Lipinski definition) is 3. The van der Waals surface area contributed by atoms with Crippen LogP contribution < -0.4 is 0 Å². The van der Waals surface area contributed by atoms with Gasteiger partial charge in [0.1, 0.15) is 0 Å². The van der Waals surface area contributed by atoms with E-state index in [0.717, 1.165) is 31.7 Å². The number of halogens is 3. The predicted octanol–water partition coefficient (Wildman–Crippen LogP) is 4.00. The summed E-state index contributed by atoms with van der Waals surface area (Å²) in [4.78, 5) is 25.3. The van der Waals surface area contributed by atoms with Gasteiger partial charge in [0.15, 0.2) is 17.5 Å². The van der Waals surface area contributed by atoms with Crippen molar-refractivity contribution in [1.82, 2.24) is 4.90 Å². The van der Waals surface area contributed by atoms with E-state index in [1.54, 1.807) is 0 Å². The van der Waals surface area contributed by atoms with Crippen LogP contribution in [0.5, 0.6) is 0 Å². The van der Waals surface area contributed by atoms with E-state index in [-0.39, 0.29) is 19.5 Å². The number of ether oxygens (including phenoxy) is 1. The molecule has 1 amide bonds. The zero-order valence-electron chi connectivity index (χ0n) is 14.7. The van der Waals surface area contributed by atoms with E-state index in [2.05, 4.69) is 10.8 Å². The minimum absolute atomic E-state index is 0.0111. The lowest BCUT2D eigenvalue weighted by Crippen LogP contribution is -2.35. The minimum atomic E-state index is -1.68. The first-order chi connectivity index (χ1) is 12.4. The molecule has 0 aromatic heterocycles. The summed E-state index contributed by atoms with van der Waals surface area (Å²) in [6.07, 6.45) is 6.81. The second-order valence-corrected chi connectivity index (χ2v) is 6.20. The van der Waals surface area contributed by atoms with Gasteiger partial charge in [0.2, 0.25) is 0 Å². The molecular formula is C19H22F3NO3. The number of carbonyl (C=O) groups excluding carboxylic acids is 2. The first kappa shape index (κ1) is 20.0. The van der Waals surface area contributed by atoms with Crippen LogP contribution in [0.15, 0.2) is 23.8 Å². The maximum Gasteiger partial charge on any atom is 0.307 e. The summed E-state index contributed by atoms with van der Waals surface area (Å²) in [5.41, 5.74) is 0.657. The van der Waals surface area contributed by atoms with E-state index in [1.807, 2.05) is 0 Å². The highest BCUT2D eigenvalue weighted by atomic mass is 19.2. The average Bonchev–Trinajstić information content (AvgIpc) is 2.66. The molecule has 26 heavy (non-hydrogen) atoms. The summed E-state index contributed by atoms with van der Waals surface area (Å²) in [6, 6.07) is 1.63. The number of amides is 1. The number of hydrogen-bond donors (Lipinski definition) is 0. The third-order valence-electron chi connectivity index (χ3n) is 4.45. The molecule has 1 aromatic carbocycles. The summed E-state index contributed by atoms with van der Waals surface area (Å²) in [5, 5.41) is 0. The molecule has 0 fully saturated rings. The van der Waals surface area contributed by atoms with Gasteiger partial charge in [0, 0.05) is 13.1 Å². The topological polar surface area (TPSA) is 46.6 Å². The van der Waals surface area contributed by atoms with Gasteiger partial charge >= 0.3 is 5.97 Å². The Balaban J connectivity index is 2.15. The molecule has 0 heterocycles. The van der Waals surface area contributed by atoms with E-state index in [0.29, 0.717) is 12.5 Å². The molecule has 7 heteroatoms. The van der Waals surface area contributed by atoms with Crippen LogP contribution in [-0.4, -0.2) is 37.0 Å². The summed E-state index contributed by atoms with van der Waals surface area (Å²) in [6.45, 7) is 0.275. The van der Waals surface area contributed by atoms with Crippen LogP contribution in [0.25, 0.3) is 0 Å². The molecule has 0 spiro atoms. The number of benzene rings is 1. The zero-order valence-corrected chi connectivity index (χ0v) is 14.7. The molecule has 0 saturated heterocycles. The highest BCUT2D eigenvalue weighted by Gasteiger charge is 2.24. The van der Waals surface area contributed by atoms with E-state index < -0.39 is 34.9 Å². The summed E-state index contributed by atoms with van der Waals surface area (Å²) >= 11 is 0. The highest BCUT2D eigenvalue weighted by molar-refractivity contribution is 5.94. The van der Waals surface area contributed by atoms with Gasteiger partial charge in [0.25, 0.3) is 5.91 Å². The molecule has 2 rings (SSSR count). The smallest absolute Gasteiger partial charge is 0.307 e. The SMILES string of the molecule is COC(=O)CCN(CCC1=CCCCC1)C(=O)c1ccc(F)c(F)c1F. The summed E-state index contributed by atoms with van der Waals surface area (Å²) in [5.74, 6) is -5.84. The molecule has 0 saturated carbocycles. The van der Waals surface area contributed by atoms with Gasteiger partial charge in [-0.25, -0.2) is 13.2 Å². The molecule has 1 aliphatic carbocycles. The number of esters is 1. The Morgan fingerprint density at radius 2 is 1.88 bits per heavy atom. The molecule has 0 bridgehead atoms. The van der Waals surface area contributed by atoms with Crippen molar-refractivity contribution in [3.05, 3.63) is 46.8 Å². The molecular weight excluding hydrogens is 347 g/mol. The fourth-order valence-corrected chi connectivity index (χ4v) is 2.91. The molecule has 0 N–H and O–H groups in total. The number of rotatable bonds is 7. The Kier molecular flexibility index (Phi) is 7.24. The first-order valence-electron chi connectivity index (χ1n) is 8.61. The Morgan fingerprint density at radius 3 is 2.54 bits per heavy atom. The van der Waals surface area contributed by atoms with Crippen LogP contribution in [0.2, 0.25) is 0 Å². The maximum atomic E-state index is 14.0. The Labute approximate surface area is 150 Å². The van der Waals surface area contributed by atoms with Gasteiger partial charge in [-0.2, -0.15) is 0 Å². The standard InChI is InChI=1S/C19H22F3NO3/c1-26-16(24)10-12-23(11-9-13-5-3-2-4-6-13)19(25)14-7-8-15(20)18(22)17(14)21/h5,7-8H,2-4,6,9-12H2,1H3. The Morgan fingerprint density at radius 1 is 1.12 bits per heavy atom. The van der Waals surface area contributed by atoms with E-state index in [1.165, 1.54) is 17.6 Å². The maximum absolute atomic E-state index is 14.0. The molecule has 4 nitrogen and oxygen atoms in total. The van der Waals surface area contributed by atoms with E-state index >= 15 is 0 Å². The number of allylic oxidation sites excluding steroid dienone is 1. The van der Waals surface area contributed by atoms with Gasteiger partial charge in [0.05, 0.1) is 19.1 Å². The van der Waals surface area contributed by atoms with Crippen molar-refractivity contribution < 1.29 is 27.5 Å². The molecule has 1 aliphatic rings. The van der Waals surface area contributed by atoms with Crippen molar-refractivity contribution in [3.8, 4) is 0 Å². The van der Waals surface area contributed by atoms with Crippen LogP contribution in [0.4, 0.5) is 13.2 Å². The summed E-state index contributed by atoms with van der Waals surface area (Å²) in [7, 11) is 1.23. The van der Waals surface area contributed by atoms with Crippen molar-refractivity contribution >= 4 is 11.9 Å². The fourth-order valence-electron chi connectivity index (χ4n) is 2.91. The second kappa shape index (κ2) is 9.40. The van der Waals surface area contributed by atoms with Gasteiger partial charge in [-0.3, -0.25) is 9.59 Å². The summed E-state index contributed by atoms with van der Waals surface area (Å²) < 4.78 is 45.1. The van der Waals surface area contributed by atoms with Crippen LogP contribution >= 0.6 is 0 Å². The lowest BCUT2D eigenvalue weighted by molar-refractivity contribution is -0.140. The minimum Gasteiger partial charge on any atom is -0.469 e. The van der Waals surface area contributed by atoms with Crippen LogP contribution in [0.1, 0.15) is 48.9 Å². The molecule has 0 radical (unpaired) electrons. The quantitative estimate of drug-likeness (QED) is 0.415. The molecule has 0 aliphatic heterocycles. The number of carbonyl (C=O) groups is 2. The van der Waals surface area contributed by atoms with Crippen LogP contribution in [-0.2, 0) is 9.53 Å². The van der Waals surface area contributed by atoms with Gasteiger partial charge in [-0.1, -0.05) is 11.6 Å². The van der Waals surface area contributed by atoms with Gasteiger partial charge < -0.3 is 9.64 Å². The van der Waals surface area contributed by atoms with Crippen molar-refractivity contribution in [2.24, 2.45) is 0 Å². The largest absolute Gasteiger partial charge is 0.469 e. The Bertz CT molecular complexity index is 704. The number of nitrogens with zero attached hydrogens (tertiary/aromatic N) is 1. The van der Waals surface area contributed by atoms with E-state index in [4.69, 9.17) is 0 Å². The van der Waals surface area contributed by atoms with Crippen molar-refractivity contribution in [2.75, 3.05) is 20.2 Å². The third-order valence-corrected chi connectivity index (χ3v) is 4.45. The molecule has 0 unspecified atom stereocenters. The lowest BCUT2D eigenvalue weighted by atomic mass is 9.97. The lowest BCUT2D eigenvalue weighted by Gasteiger charge is -2.24. The highest BCUT2D eigenvalue weighted by Crippen LogP contribution is 2.22. The predicted molar refractivity (Wildman–Crippen MR) is 90.0 cm³/mol. The average molecular weight is 369 g/mol. The van der Waals surface area contributed by atoms with Gasteiger partial charge in [-0.15, -0.1) is 0 Å². The van der Waals surface area contributed by atoms with Crippen molar-refractivity contribution in [1.29, 1.82) is 0 Å². The first-order valence-corrected chi connectivity index (χ1v) is 8.61. The number of methoxy groups -OCH3 is 1. The van der Waals surface area contributed by atoms with E-state index in [9.17, 15) is 22.8 Å². The molecule has 1 aromatic rings. The van der Waals surface area contributed by atoms with Crippen LogP contribution in [0, 0.1) is 17.5 Å². The molecule has 142 valence electrons.